The molecule has 4 nitrogen and oxygen atoms in total. The zero-order valence-corrected chi connectivity index (χ0v) is 12.8. The Morgan fingerprint density at radius 2 is 2.05 bits per heavy atom. The minimum atomic E-state index is 0.00287. The highest BCUT2D eigenvalue weighted by molar-refractivity contribution is 5.99. The largest absolute Gasteiger partial charge is 0.304 e. The van der Waals surface area contributed by atoms with Gasteiger partial charge in [0.05, 0.1) is 0 Å². The van der Waals surface area contributed by atoms with E-state index in [2.05, 4.69) is 11.8 Å². The van der Waals surface area contributed by atoms with Crippen molar-refractivity contribution in [3.63, 3.8) is 0 Å². The normalized spacial score (nSPS) is 36.5. The molecule has 1 N–H and O–H groups in total. The van der Waals surface area contributed by atoms with Crippen LogP contribution in [-0.4, -0.2) is 48.2 Å². The molecule has 2 atom stereocenters. The molecule has 0 aromatic heterocycles. The second-order valence-electron chi connectivity index (χ2n) is 7.45. The zero-order chi connectivity index (χ0) is 14.3. The van der Waals surface area contributed by atoms with E-state index in [1.165, 1.54) is 43.7 Å². The molecule has 1 aliphatic carbocycles. The summed E-state index contributed by atoms with van der Waals surface area (Å²) in [6, 6.07) is 0. The Labute approximate surface area is 122 Å². The van der Waals surface area contributed by atoms with E-state index in [0.717, 1.165) is 18.9 Å². The average molecular weight is 277 g/mol. The summed E-state index contributed by atoms with van der Waals surface area (Å²) in [5.41, 5.74) is 0.00287. The molecule has 1 saturated carbocycles. The summed E-state index contributed by atoms with van der Waals surface area (Å²) < 4.78 is 0. The molecule has 2 heterocycles. The Morgan fingerprint density at radius 1 is 1.30 bits per heavy atom. The van der Waals surface area contributed by atoms with Crippen LogP contribution >= 0.6 is 0 Å². The first kappa shape index (κ1) is 14.1. The number of amides is 1. The number of rotatable bonds is 3. The van der Waals surface area contributed by atoms with Gasteiger partial charge in [0.15, 0.2) is 0 Å². The van der Waals surface area contributed by atoms with Crippen LogP contribution in [0, 0.1) is 22.7 Å². The first-order valence-electron chi connectivity index (χ1n) is 8.04. The van der Waals surface area contributed by atoms with Crippen molar-refractivity contribution in [3.8, 4) is 0 Å². The number of nitrogens with zero attached hydrogens (tertiary/aromatic N) is 2. The van der Waals surface area contributed by atoms with Gasteiger partial charge in [-0.3, -0.25) is 10.2 Å². The lowest BCUT2D eigenvalue weighted by molar-refractivity contribution is -0.132. The van der Waals surface area contributed by atoms with Crippen LogP contribution < -0.4 is 0 Å². The molecule has 0 radical (unpaired) electrons. The van der Waals surface area contributed by atoms with Crippen molar-refractivity contribution < 1.29 is 4.79 Å². The van der Waals surface area contributed by atoms with Crippen LogP contribution in [0.5, 0.6) is 0 Å². The van der Waals surface area contributed by atoms with Crippen LogP contribution in [-0.2, 0) is 4.79 Å². The molecule has 20 heavy (non-hydrogen) atoms. The lowest BCUT2D eigenvalue weighted by Crippen LogP contribution is -2.51. The summed E-state index contributed by atoms with van der Waals surface area (Å²) >= 11 is 0. The fourth-order valence-electron chi connectivity index (χ4n) is 3.92. The Hall–Kier alpha value is -0.900. The number of carbonyl (C=O) groups excluding carboxylic acids is 1. The van der Waals surface area contributed by atoms with E-state index in [1.54, 1.807) is 7.05 Å². The number of likely N-dealkylation sites (tertiary alicyclic amines) is 2. The fourth-order valence-corrected chi connectivity index (χ4v) is 3.92. The Morgan fingerprint density at radius 3 is 2.70 bits per heavy atom. The highest BCUT2D eigenvalue weighted by Crippen LogP contribution is 2.43. The topological polar surface area (TPSA) is 47.4 Å². The molecule has 2 saturated heterocycles. The van der Waals surface area contributed by atoms with Gasteiger partial charge in [-0.25, -0.2) is 0 Å². The molecule has 1 unspecified atom stereocenters. The number of hydrogen-bond donors (Lipinski definition) is 1. The Kier molecular flexibility index (Phi) is 3.61. The average Bonchev–Trinajstić information content (AvgIpc) is 3.20. The molecule has 4 heteroatoms. The summed E-state index contributed by atoms with van der Waals surface area (Å²) in [7, 11) is 1.74. The van der Waals surface area contributed by atoms with Gasteiger partial charge in [0.1, 0.15) is 5.84 Å². The molecule has 1 amide bonds. The van der Waals surface area contributed by atoms with Gasteiger partial charge >= 0.3 is 0 Å². The van der Waals surface area contributed by atoms with Crippen molar-refractivity contribution in [2.75, 3.05) is 26.7 Å². The smallest absolute Gasteiger partial charge is 0.228 e. The van der Waals surface area contributed by atoms with E-state index >= 15 is 0 Å². The summed E-state index contributed by atoms with van der Waals surface area (Å²) in [5.74, 6) is 2.15. The molecule has 0 spiro atoms. The van der Waals surface area contributed by atoms with Crippen LogP contribution in [0.15, 0.2) is 0 Å². The quantitative estimate of drug-likeness (QED) is 0.860. The Bertz CT molecular complexity index is 398. The third-order valence-electron chi connectivity index (χ3n) is 5.61. The molecular weight excluding hydrogens is 250 g/mol. The number of amidine groups is 1. The third-order valence-corrected chi connectivity index (χ3v) is 5.61. The van der Waals surface area contributed by atoms with E-state index < -0.39 is 0 Å². The van der Waals surface area contributed by atoms with Crippen LogP contribution in [0.2, 0.25) is 0 Å². The van der Waals surface area contributed by atoms with Crippen molar-refractivity contribution in [1.82, 2.24) is 9.80 Å². The predicted molar refractivity (Wildman–Crippen MR) is 79.7 cm³/mol. The number of nitrogens with one attached hydrogen (secondary N) is 1. The molecule has 0 bridgehead atoms. The second kappa shape index (κ2) is 5.14. The first-order chi connectivity index (χ1) is 9.48. The van der Waals surface area contributed by atoms with Crippen LogP contribution in [0.25, 0.3) is 0 Å². The Balaban J connectivity index is 1.66. The van der Waals surface area contributed by atoms with Crippen LogP contribution in [0.4, 0.5) is 0 Å². The summed E-state index contributed by atoms with van der Waals surface area (Å²) in [6.45, 7) is 5.86. The summed E-state index contributed by atoms with van der Waals surface area (Å²) in [6.07, 6.45) is 6.68. The van der Waals surface area contributed by atoms with Crippen molar-refractivity contribution in [2.45, 2.75) is 45.4 Å². The molecular formula is C16H27N3O. The second-order valence-corrected chi connectivity index (χ2v) is 7.45. The summed E-state index contributed by atoms with van der Waals surface area (Å²) in [5, 5.41) is 8.06. The van der Waals surface area contributed by atoms with Gasteiger partial charge in [-0.05, 0) is 49.5 Å². The predicted octanol–water partition coefficient (Wildman–Crippen LogP) is 2.34. The highest BCUT2D eigenvalue weighted by atomic mass is 16.2. The highest BCUT2D eigenvalue weighted by Gasteiger charge is 2.44. The third kappa shape index (κ3) is 2.76. The number of piperidine rings is 2. The lowest BCUT2D eigenvalue weighted by Gasteiger charge is -2.46. The van der Waals surface area contributed by atoms with Gasteiger partial charge in [0.2, 0.25) is 5.91 Å². The maximum absolute atomic E-state index is 12.1. The van der Waals surface area contributed by atoms with Gasteiger partial charge in [-0.1, -0.05) is 6.92 Å². The maximum atomic E-state index is 12.1. The van der Waals surface area contributed by atoms with Gasteiger partial charge in [-0.15, -0.1) is 0 Å². The minimum Gasteiger partial charge on any atom is -0.304 e. The van der Waals surface area contributed by atoms with E-state index in [9.17, 15) is 4.79 Å². The molecule has 112 valence electrons. The van der Waals surface area contributed by atoms with Crippen LogP contribution in [0.1, 0.15) is 45.4 Å². The number of carbonyl (C=O) groups is 1. The fraction of sp³-hybridized carbons (Fsp3) is 0.875. The van der Waals surface area contributed by atoms with Crippen LogP contribution in [0.3, 0.4) is 0 Å². The van der Waals surface area contributed by atoms with Gasteiger partial charge in [0, 0.05) is 33.0 Å². The molecule has 3 fully saturated rings. The minimum absolute atomic E-state index is 0.00287. The van der Waals surface area contributed by atoms with Crippen molar-refractivity contribution >= 4 is 11.7 Å². The molecule has 3 rings (SSSR count). The SMILES string of the molecule is CN1C(=N)C[C@](C)(C2CCCN(CC3CC3)C2)CC1=O. The van der Waals surface area contributed by atoms with Crippen molar-refractivity contribution in [3.05, 3.63) is 0 Å². The van der Waals surface area contributed by atoms with Gasteiger partial charge in [0.25, 0.3) is 0 Å². The van der Waals surface area contributed by atoms with Gasteiger partial charge < -0.3 is 9.80 Å². The molecule has 0 aromatic carbocycles. The zero-order valence-electron chi connectivity index (χ0n) is 12.8. The summed E-state index contributed by atoms with van der Waals surface area (Å²) in [4.78, 5) is 16.3. The van der Waals surface area contributed by atoms with E-state index in [4.69, 9.17) is 5.41 Å². The van der Waals surface area contributed by atoms with Crippen molar-refractivity contribution in [1.29, 1.82) is 5.41 Å². The maximum Gasteiger partial charge on any atom is 0.228 e. The standard InChI is InChI=1S/C16H27N3O/c1-16(8-14(17)18(2)15(20)9-16)13-4-3-7-19(11-13)10-12-5-6-12/h12-13,17H,3-11H2,1-2H3/t13?,16-/m0/s1. The number of hydrogen-bond acceptors (Lipinski definition) is 3. The molecule has 2 aliphatic heterocycles. The van der Waals surface area contributed by atoms with E-state index in [-0.39, 0.29) is 11.3 Å². The lowest BCUT2D eigenvalue weighted by atomic mass is 9.67. The van der Waals surface area contributed by atoms with Crippen molar-refractivity contribution in [2.24, 2.45) is 17.3 Å². The molecule has 0 aromatic rings. The monoisotopic (exact) mass is 277 g/mol. The molecule has 3 aliphatic rings. The van der Waals surface area contributed by atoms with Gasteiger partial charge in [-0.2, -0.15) is 0 Å². The van der Waals surface area contributed by atoms with E-state index in [0.29, 0.717) is 18.2 Å². The first-order valence-corrected chi connectivity index (χ1v) is 8.04. The van der Waals surface area contributed by atoms with E-state index in [1.807, 2.05) is 0 Å².